The standard InChI is InChI=1S/C27H39N3O4S/c1-20-13-11-16-24(21(20)2)30(35(7,33)34)18-12-17-25(31)29(19-23-14-9-8-10-15-23)22(3)26(32)28-27(4,5)6/h8-11,13-16,22H,12,17-19H2,1-7H3,(H,28,32). The van der Waals surface area contributed by atoms with Crippen LogP contribution in [-0.4, -0.2) is 49.5 Å². The van der Waals surface area contributed by atoms with Gasteiger partial charge in [0.25, 0.3) is 0 Å². The Bertz CT molecular complexity index is 1120. The smallest absolute Gasteiger partial charge is 0.242 e. The van der Waals surface area contributed by atoms with E-state index in [0.717, 1.165) is 16.7 Å². The summed E-state index contributed by atoms with van der Waals surface area (Å²) >= 11 is 0. The van der Waals surface area contributed by atoms with Gasteiger partial charge >= 0.3 is 0 Å². The first-order valence-corrected chi connectivity index (χ1v) is 13.7. The lowest BCUT2D eigenvalue weighted by Gasteiger charge is -2.32. The van der Waals surface area contributed by atoms with Crippen LogP contribution in [0.15, 0.2) is 48.5 Å². The molecule has 0 aliphatic heterocycles. The van der Waals surface area contributed by atoms with Gasteiger partial charge in [-0.15, -0.1) is 0 Å². The molecule has 7 nitrogen and oxygen atoms in total. The summed E-state index contributed by atoms with van der Waals surface area (Å²) in [7, 11) is -3.53. The van der Waals surface area contributed by atoms with E-state index in [1.54, 1.807) is 17.9 Å². The van der Waals surface area contributed by atoms with Crippen LogP contribution in [-0.2, 0) is 26.2 Å². The Balaban J connectivity index is 2.20. The third-order valence-corrected chi connectivity index (χ3v) is 7.04. The summed E-state index contributed by atoms with van der Waals surface area (Å²) < 4.78 is 26.5. The Hall–Kier alpha value is -2.87. The number of nitrogens with one attached hydrogen (secondary N) is 1. The fraction of sp³-hybridized carbons (Fsp3) is 0.481. The highest BCUT2D eigenvalue weighted by atomic mass is 32.2. The summed E-state index contributed by atoms with van der Waals surface area (Å²) in [6, 6.07) is 14.4. The molecular weight excluding hydrogens is 462 g/mol. The molecule has 0 spiro atoms. The van der Waals surface area contributed by atoms with E-state index in [1.807, 2.05) is 77.1 Å². The lowest BCUT2D eigenvalue weighted by molar-refractivity contribution is -0.141. The van der Waals surface area contributed by atoms with E-state index < -0.39 is 21.6 Å². The Morgan fingerprint density at radius 2 is 1.63 bits per heavy atom. The van der Waals surface area contributed by atoms with Gasteiger partial charge in [0.1, 0.15) is 6.04 Å². The van der Waals surface area contributed by atoms with Crippen LogP contribution < -0.4 is 9.62 Å². The topological polar surface area (TPSA) is 86.8 Å². The van der Waals surface area contributed by atoms with Crippen LogP contribution in [0, 0.1) is 13.8 Å². The van der Waals surface area contributed by atoms with Crippen molar-refractivity contribution in [2.45, 2.75) is 72.5 Å². The molecule has 0 heterocycles. The minimum atomic E-state index is -3.53. The van der Waals surface area contributed by atoms with Crippen molar-refractivity contribution in [2.75, 3.05) is 17.1 Å². The van der Waals surface area contributed by atoms with Crippen molar-refractivity contribution in [1.29, 1.82) is 0 Å². The number of nitrogens with zero attached hydrogens (tertiary/aromatic N) is 2. The summed E-state index contributed by atoms with van der Waals surface area (Å²) in [6.45, 7) is 11.7. The van der Waals surface area contributed by atoms with Crippen LogP contribution in [0.25, 0.3) is 0 Å². The van der Waals surface area contributed by atoms with Gasteiger partial charge in [-0.05, 0) is 70.7 Å². The lowest BCUT2D eigenvalue weighted by Crippen LogP contribution is -2.52. The third-order valence-electron chi connectivity index (χ3n) is 5.86. The van der Waals surface area contributed by atoms with Crippen molar-refractivity contribution in [1.82, 2.24) is 10.2 Å². The Labute approximate surface area is 210 Å². The van der Waals surface area contributed by atoms with Crippen molar-refractivity contribution in [3.8, 4) is 0 Å². The highest BCUT2D eigenvalue weighted by molar-refractivity contribution is 7.92. The van der Waals surface area contributed by atoms with Crippen LogP contribution >= 0.6 is 0 Å². The zero-order chi connectivity index (χ0) is 26.4. The third kappa shape index (κ3) is 8.38. The van der Waals surface area contributed by atoms with Crippen LogP contribution in [0.4, 0.5) is 5.69 Å². The molecule has 192 valence electrons. The van der Waals surface area contributed by atoms with E-state index >= 15 is 0 Å². The minimum Gasteiger partial charge on any atom is -0.350 e. The van der Waals surface area contributed by atoms with Crippen molar-refractivity contribution < 1.29 is 18.0 Å². The molecule has 1 N–H and O–H groups in total. The molecule has 0 aliphatic carbocycles. The van der Waals surface area contributed by atoms with Gasteiger partial charge in [0.05, 0.1) is 11.9 Å². The molecule has 0 saturated heterocycles. The summed E-state index contributed by atoms with van der Waals surface area (Å²) in [4.78, 5) is 27.8. The Morgan fingerprint density at radius 1 is 1.00 bits per heavy atom. The van der Waals surface area contributed by atoms with Crippen molar-refractivity contribution in [2.24, 2.45) is 0 Å². The number of carbonyl (C=O) groups excluding carboxylic acids is 2. The van der Waals surface area contributed by atoms with Gasteiger partial charge in [-0.1, -0.05) is 42.5 Å². The average Bonchev–Trinajstić information content (AvgIpc) is 2.75. The molecule has 2 amide bonds. The van der Waals surface area contributed by atoms with E-state index in [2.05, 4.69) is 5.32 Å². The maximum atomic E-state index is 13.3. The predicted octanol–water partition coefficient (Wildman–Crippen LogP) is 4.18. The van der Waals surface area contributed by atoms with Gasteiger partial charge in [-0.2, -0.15) is 0 Å². The van der Waals surface area contributed by atoms with E-state index in [0.29, 0.717) is 18.7 Å². The van der Waals surface area contributed by atoms with Crippen molar-refractivity contribution in [3.05, 3.63) is 65.2 Å². The van der Waals surface area contributed by atoms with E-state index in [4.69, 9.17) is 0 Å². The molecule has 0 saturated carbocycles. The molecule has 2 rings (SSSR count). The summed E-state index contributed by atoms with van der Waals surface area (Å²) in [5, 5.41) is 2.95. The first-order chi connectivity index (χ1) is 16.2. The fourth-order valence-corrected chi connectivity index (χ4v) is 4.84. The van der Waals surface area contributed by atoms with E-state index in [-0.39, 0.29) is 24.8 Å². The molecule has 0 aliphatic rings. The first-order valence-electron chi connectivity index (χ1n) is 11.9. The summed E-state index contributed by atoms with van der Waals surface area (Å²) in [5.74, 6) is -0.422. The molecule has 0 aromatic heterocycles. The van der Waals surface area contributed by atoms with Gasteiger partial charge < -0.3 is 10.2 Å². The molecule has 0 fully saturated rings. The van der Waals surface area contributed by atoms with Crippen LogP contribution in [0.2, 0.25) is 0 Å². The molecule has 8 heteroatoms. The fourth-order valence-electron chi connectivity index (χ4n) is 3.83. The van der Waals surface area contributed by atoms with Crippen LogP contribution in [0.3, 0.4) is 0 Å². The number of carbonyl (C=O) groups is 2. The molecule has 1 unspecified atom stereocenters. The van der Waals surface area contributed by atoms with Crippen LogP contribution in [0.1, 0.15) is 57.2 Å². The second kappa shape index (κ2) is 11.7. The van der Waals surface area contributed by atoms with Gasteiger partial charge in [-0.3, -0.25) is 13.9 Å². The van der Waals surface area contributed by atoms with Gasteiger partial charge in [0.2, 0.25) is 21.8 Å². The highest BCUT2D eigenvalue weighted by Gasteiger charge is 2.28. The normalized spacial score (nSPS) is 12.7. The predicted molar refractivity (Wildman–Crippen MR) is 142 cm³/mol. The second-order valence-electron chi connectivity index (χ2n) is 10.1. The van der Waals surface area contributed by atoms with Gasteiger partial charge in [0.15, 0.2) is 0 Å². The molecular formula is C27H39N3O4S. The summed E-state index contributed by atoms with van der Waals surface area (Å²) in [5.41, 5.74) is 3.01. The molecule has 2 aromatic rings. The van der Waals surface area contributed by atoms with Crippen molar-refractivity contribution >= 4 is 27.5 Å². The molecule has 0 bridgehead atoms. The molecule has 35 heavy (non-hydrogen) atoms. The quantitative estimate of drug-likeness (QED) is 0.529. The highest BCUT2D eigenvalue weighted by Crippen LogP contribution is 2.25. The second-order valence-corrected chi connectivity index (χ2v) is 12.0. The number of benzene rings is 2. The maximum absolute atomic E-state index is 13.3. The number of hydrogen-bond acceptors (Lipinski definition) is 4. The zero-order valence-electron chi connectivity index (χ0n) is 22.0. The monoisotopic (exact) mass is 501 g/mol. The van der Waals surface area contributed by atoms with Gasteiger partial charge in [-0.25, -0.2) is 8.42 Å². The zero-order valence-corrected chi connectivity index (χ0v) is 22.8. The molecule has 0 radical (unpaired) electrons. The number of hydrogen-bond donors (Lipinski definition) is 1. The summed E-state index contributed by atoms with van der Waals surface area (Å²) in [6.07, 6.45) is 1.63. The number of aryl methyl sites for hydroxylation is 1. The Kier molecular flexibility index (Phi) is 9.49. The number of sulfonamides is 1. The maximum Gasteiger partial charge on any atom is 0.242 e. The van der Waals surface area contributed by atoms with E-state index in [1.165, 1.54) is 10.6 Å². The minimum absolute atomic E-state index is 0.122. The largest absolute Gasteiger partial charge is 0.350 e. The Morgan fingerprint density at radius 3 is 2.20 bits per heavy atom. The lowest BCUT2D eigenvalue weighted by atomic mass is 10.1. The molecule has 1 atom stereocenters. The first kappa shape index (κ1) is 28.4. The SMILES string of the molecule is Cc1cccc(N(CCCC(=O)N(Cc2ccccc2)C(C)C(=O)NC(C)(C)C)S(C)(=O)=O)c1C. The van der Waals surface area contributed by atoms with Gasteiger partial charge in [0, 0.05) is 25.0 Å². The molecule has 2 aromatic carbocycles. The average molecular weight is 502 g/mol. The van der Waals surface area contributed by atoms with Crippen molar-refractivity contribution in [3.63, 3.8) is 0 Å². The number of amides is 2. The number of rotatable bonds is 10. The van der Waals surface area contributed by atoms with Crippen LogP contribution in [0.5, 0.6) is 0 Å². The number of anilines is 1. The van der Waals surface area contributed by atoms with E-state index in [9.17, 15) is 18.0 Å².